The average molecular weight is 531 g/mol. The van der Waals surface area contributed by atoms with Gasteiger partial charge in [0, 0.05) is 6.42 Å². The van der Waals surface area contributed by atoms with E-state index < -0.39 is 36.5 Å². The highest BCUT2D eigenvalue weighted by Crippen LogP contribution is 2.38. The van der Waals surface area contributed by atoms with E-state index in [0.717, 1.165) is 10.4 Å². The van der Waals surface area contributed by atoms with Gasteiger partial charge in [0.2, 0.25) is 5.90 Å². The van der Waals surface area contributed by atoms with Crippen molar-refractivity contribution in [3.8, 4) is 0 Å². The molecule has 0 saturated carbocycles. The molecule has 0 aliphatic carbocycles. The third-order valence-corrected chi connectivity index (χ3v) is 11.4. The van der Waals surface area contributed by atoms with Crippen molar-refractivity contribution < 1.29 is 19.0 Å². The van der Waals surface area contributed by atoms with Crippen LogP contribution in [0.1, 0.15) is 33.6 Å². The van der Waals surface area contributed by atoms with Crippen LogP contribution in [0.25, 0.3) is 0 Å². The van der Waals surface area contributed by atoms with Gasteiger partial charge in [0.05, 0.1) is 6.61 Å². The summed E-state index contributed by atoms with van der Waals surface area (Å²) in [5, 5.41) is 20.2. The number of ether oxygens (including phenoxy) is 2. The second-order valence-electron chi connectivity index (χ2n) is 9.16. The molecular formula is C24H30Cl3NO4Si. The number of nitrogens with one attached hydrogen (secondary N) is 1. The number of benzene rings is 2. The Labute approximate surface area is 211 Å². The summed E-state index contributed by atoms with van der Waals surface area (Å²) in [6.45, 7) is 6.70. The highest BCUT2D eigenvalue weighted by Gasteiger charge is 2.51. The second-order valence-corrected chi connectivity index (χ2v) is 15.8. The predicted octanol–water partition coefficient (Wildman–Crippen LogP) is 4.79. The maximum Gasteiger partial charge on any atom is 0.265 e. The van der Waals surface area contributed by atoms with Gasteiger partial charge in [-0.05, 0) is 21.8 Å². The van der Waals surface area contributed by atoms with Gasteiger partial charge in [0.1, 0.15) is 12.2 Å². The summed E-state index contributed by atoms with van der Waals surface area (Å²) in [4.78, 5) is 0. The van der Waals surface area contributed by atoms with Gasteiger partial charge in [-0.15, -0.1) is 0 Å². The number of aliphatic hydroxyl groups is 1. The first kappa shape index (κ1) is 26.5. The van der Waals surface area contributed by atoms with E-state index in [2.05, 4.69) is 45.0 Å². The van der Waals surface area contributed by atoms with Gasteiger partial charge < -0.3 is 19.0 Å². The van der Waals surface area contributed by atoms with Crippen molar-refractivity contribution >= 4 is 59.4 Å². The standard InChI is InChI=1S/C24H30Cl3NO4Si/c1-23(2,3)33(17-10-6-4-7-11-17,18-12-8-5-9-13-18)30-16-20-19(14-15-21(29)31-20)32-22(28)24(25,26)27/h4-13,19-21,28-29H,14-16H2,1-3H3/t19-,20-,21+/m1/s1. The summed E-state index contributed by atoms with van der Waals surface area (Å²) < 4.78 is 16.4. The first-order chi connectivity index (χ1) is 15.4. The minimum Gasteiger partial charge on any atom is -0.472 e. The summed E-state index contributed by atoms with van der Waals surface area (Å²) in [5.74, 6) is -0.479. The summed E-state index contributed by atoms with van der Waals surface area (Å²) in [6.07, 6.45) is -1.37. The molecule has 0 amide bonds. The normalized spacial score (nSPS) is 22.1. The molecule has 5 nitrogen and oxygen atoms in total. The molecule has 33 heavy (non-hydrogen) atoms. The molecule has 2 N–H and O–H groups in total. The van der Waals surface area contributed by atoms with Gasteiger partial charge in [0.15, 0.2) is 6.29 Å². The number of rotatable bonds is 6. The number of hydrogen-bond donors (Lipinski definition) is 2. The van der Waals surface area contributed by atoms with E-state index in [-0.39, 0.29) is 11.6 Å². The summed E-state index contributed by atoms with van der Waals surface area (Å²) in [7, 11) is -2.81. The van der Waals surface area contributed by atoms with Crippen LogP contribution < -0.4 is 10.4 Å². The Balaban J connectivity index is 1.96. The SMILES string of the molecule is CC(C)(C)[Si](OC[C@H]1O[C@H](O)CC[C@H]1OC(=N)C(Cl)(Cl)Cl)(c1ccccc1)c1ccccc1. The summed E-state index contributed by atoms with van der Waals surface area (Å²) >= 11 is 17.4. The first-order valence-corrected chi connectivity index (χ1v) is 13.9. The summed E-state index contributed by atoms with van der Waals surface area (Å²) in [5.41, 5.74) is 0. The van der Waals surface area contributed by atoms with Crippen LogP contribution in [0.3, 0.4) is 0 Å². The fourth-order valence-corrected chi connectivity index (χ4v) is 9.02. The van der Waals surface area contributed by atoms with E-state index in [9.17, 15) is 5.11 Å². The predicted molar refractivity (Wildman–Crippen MR) is 137 cm³/mol. The molecule has 0 spiro atoms. The Bertz CT molecular complexity index is 879. The van der Waals surface area contributed by atoms with Crippen molar-refractivity contribution in [1.29, 1.82) is 5.41 Å². The molecule has 2 aromatic rings. The van der Waals surface area contributed by atoms with Gasteiger partial charge in [-0.3, -0.25) is 5.41 Å². The van der Waals surface area contributed by atoms with E-state index in [1.165, 1.54) is 0 Å². The molecule has 0 aromatic heterocycles. The van der Waals surface area contributed by atoms with Crippen molar-refractivity contribution in [3.05, 3.63) is 60.7 Å². The van der Waals surface area contributed by atoms with Crippen molar-refractivity contribution in [2.45, 2.75) is 60.9 Å². The van der Waals surface area contributed by atoms with Gasteiger partial charge in [-0.1, -0.05) is 116 Å². The molecule has 1 saturated heterocycles. The Morgan fingerprint density at radius 1 is 1.00 bits per heavy atom. The zero-order valence-electron chi connectivity index (χ0n) is 18.9. The maximum atomic E-state index is 10.2. The molecule has 0 bridgehead atoms. The average Bonchev–Trinajstić information content (AvgIpc) is 2.75. The molecule has 0 radical (unpaired) electrons. The third-order valence-electron chi connectivity index (χ3n) is 5.85. The number of aliphatic hydroxyl groups excluding tert-OH is 1. The maximum absolute atomic E-state index is 10.2. The van der Waals surface area contributed by atoms with E-state index in [4.69, 9.17) is 54.1 Å². The Morgan fingerprint density at radius 3 is 1.97 bits per heavy atom. The Kier molecular flexibility index (Phi) is 8.54. The van der Waals surface area contributed by atoms with Crippen LogP contribution in [0.5, 0.6) is 0 Å². The molecule has 1 aliphatic rings. The van der Waals surface area contributed by atoms with E-state index in [1.54, 1.807) is 0 Å². The lowest BCUT2D eigenvalue weighted by Crippen LogP contribution is -2.67. The highest BCUT2D eigenvalue weighted by molar-refractivity contribution is 6.99. The van der Waals surface area contributed by atoms with Crippen LogP contribution in [-0.4, -0.2) is 48.2 Å². The van der Waals surface area contributed by atoms with Crippen LogP contribution in [-0.2, 0) is 13.9 Å². The van der Waals surface area contributed by atoms with Gasteiger partial charge in [-0.25, -0.2) is 0 Å². The summed E-state index contributed by atoms with van der Waals surface area (Å²) in [6, 6.07) is 20.5. The zero-order valence-corrected chi connectivity index (χ0v) is 22.2. The van der Waals surface area contributed by atoms with Crippen LogP contribution in [0.4, 0.5) is 0 Å². The molecule has 3 rings (SSSR count). The van der Waals surface area contributed by atoms with E-state index >= 15 is 0 Å². The zero-order chi connectivity index (χ0) is 24.3. The smallest absolute Gasteiger partial charge is 0.265 e. The fourth-order valence-electron chi connectivity index (χ4n) is 4.32. The third kappa shape index (κ3) is 6.12. The lowest BCUT2D eigenvalue weighted by molar-refractivity contribution is -0.203. The van der Waals surface area contributed by atoms with Crippen molar-refractivity contribution in [2.24, 2.45) is 0 Å². The van der Waals surface area contributed by atoms with Crippen LogP contribution in [0.15, 0.2) is 60.7 Å². The topological polar surface area (TPSA) is 71.8 Å². The van der Waals surface area contributed by atoms with Crippen LogP contribution >= 0.6 is 34.8 Å². The quantitative estimate of drug-likeness (QED) is 0.244. The number of halogens is 3. The minimum atomic E-state index is -2.81. The van der Waals surface area contributed by atoms with Crippen molar-refractivity contribution in [1.82, 2.24) is 0 Å². The first-order valence-electron chi connectivity index (χ1n) is 10.9. The molecule has 9 heteroatoms. The van der Waals surface area contributed by atoms with Gasteiger partial charge in [0.25, 0.3) is 12.1 Å². The van der Waals surface area contributed by atoms with Gasteiger partial charge >= 0.3 is 0 Å². The molecular weight excluding hydrogens is 501 g/mol. The highest BCUT2D eigenvalue weighted by atomic mass is 35.6. The van der Waals surface area contributed by atoms with Crippen LogP contribution in [0.2, 0.25) is 5.04 Å². The van der Waals surface area contributed by atoms with E-state index in [0.29, 0.717) is 12.8 Å². The minimum absolute atomic E-state index is 0.155. The lowest BCUT2D eigenvalue weighted by Gasteiger charge is -2.44. The fraction of sp³-hybridized carbons (Fsp3) is 0.458. The molecule has 1 aliphatic heterocycles. The van der Waals surface area contributed by atoms with E-state index in [1.807, 2.05) is 36.4 Å². The Morgan fingerprint density at radius 2 is 1.52 bits per heavy atom. The Hall–Kier alpha value is -1.12. The lowest BCUT2D eigenvalue weighted by atomic mass is 10.1. The molecule has 1 heterocycles. The molecule has 2 aromatic carbocycles. The monoisotopic (exact) mass is 529 g/mol. The van der Waals surface area contributed by atoms with Gasteiger partial charge in [-0.2, -0.15) is 0 Å². The number of alkyl halides is 3. The molecule has 3 atom stereocenters. The van der Waals surface area contributed by atoms with Crippen molar-refractivity contribution in [3.63, 3.8) is 0 Å². The molecule has 0 unspecified atom stereocenters. The number of hydrogen-bond acceptors (Lipinski definition) is 5. The largest absolute Gasteiger partial charge is 0.472 e. The molecule has 180 valence electrons. The van der Waals surface area contributed by atoms with Crippen LogP contribution in [0, 0.1) is 5.41 Å². The molecule has 1 fully saturated rings. The van der Waals surface area contributed by atoms with Crippen molar-refractivity contribution in [2.75, 3.05) is 6.61 Å². The second kappa shape index (κ2) is 10.6.